The van der Waals surface area contributed by atoms with E-state index in [1.807, 2.05) is 43.3 Å². The summed E-state index contributed by atoms with van der Waals surface area (Å²) in [6, 6.07) is 16.5. The number of nitrogens with one attached hydrogen (secondary N) is 2. The second-order valence-electron chi connectivity index (χ2n) is 8.56. The molecule has 0 saturated carbocycles. The molecule has 2 N–H and O–H groups in total. The number of aromatic nitrogens is 1. The van der Waals surface area contributed by atoms with Gasteiger partial charge in [-0.1, -0.05) is 32.0 Å². The van der Waals surface area contributed by atoms with Crippen LogP contribution in [-0.4, -0.2) is 30.6 Å². The van der Waals surface area contributed by atoms with Crippen LogP contribution >= 0.6 is 12.1 Å². The van der Waals surface area contributed by atoms with E-state index in [1.165, 1.54) is 24.3 Å². The highest BCUT2D eigenvalue weighted by Crippen LogP contribution is 2.28. The van der Waals surface area contributed by atoms with Crippen molar-refractivity contribution in [3.63, 3.8) is 0 Å². The maximum atomic E-state index is 12.3. The molecular weight excluding hydrogens is 515 g/mol. The highest BCUT2D eigenvalue weighted by Gasteiger charge is 2.31. The van der Waals surface area contributed by atoms with E-state index in [0.29, 0.717) is 11.5 Å². The van der Waals surface area contributed by atoms with Crippen LogP contribution in [0.25, 0.3) is 6.08 Å². The maximum Gasteiger partial charge on any atom is 0.573 e. The molecule has 0 unspecified atom stereocenters. The predicted molar refractivity (Wildman–Crippen MR) is 148 cm³/mol. The number of anilines is 3. The van der Waals surface area contributed by atoms with Crippen LogP contribution in [0.1, 0.15) is 37.8 Å². The van der Waals surface area contributed by atoms with Gasteiger partial charge in [-0.3, -0.25) is 4.72 Å². The maximum absolute atomic E-state index is 12.3. The summed E-state index contributed by atoms with van der Waals surface area (Å²) in [4.78, 5) is 18.4. The largest absolute Gasteiger partial charge is 0.573 e. The average molecular weight is 544 g/mol. The number of allylic oxidation sites excluding steroid dienone is 1. The van der Waals surface area contributed by atoms with Gasteiger partial charge in [-0.05, 0) is 78.1 Å². The molecule has 0 spiro atoms. The molecular formula is C27H28F3N5O2S. The van der Waals surface area contributed by atoms with Gasteiger partial charge in [0.2, 0.25) is 0 Å². The number of benzene rings is 2. The Morgan fingerprint density at radius 2 is 1.82 bits per heavy atom. The number of pyridine rings is 1. The van der Waals surface area contributed by atoms with Crippen LogP contribution in [0.4, 0.5) is 35.2 Å². The van der Waals surface area contributed by atoms with Crippen LogP contribution in [0.5, 0.6) is 5.75 Å². The van der Waals surface area contributed by atoms with Crippen LogP contribution < -0.4 is 19.7 Å². The minimum absolute atomic E-state index is 0.280. The Balaban J connectivity index is 1.51. The van der Waals surface area contributed by atoms with Crippen molar-refractivity contribution < 1.29 is 22.7 Å². The van der Waals surface area contributed by atoms with Gasteiger partial charge in [0.05, 0.1) is 12.1 Å². The third kappa shape index (κ3) is 8.84. The van der Waals surface area contributed by atoms with Gasteiger partial charge in [-0.25, -0.2) is 14.2 Å². The minimum atomic E-state index is -4.73. The molecule has 0 atom stereocenters. The summed E-state index contributed by atoms with van der Waals surface area (Å²) in [5.74, 6) is 0.607. The molecule has 0 fully saturated rings. The van der Waals surface area contributed by atoms with Gasteiger partial charge in [0, 0.05) is 30.8 Å². The van der Waals surface area contributed by atoms with Crippen molar-refractivity contribution in [2.75, 3.05) is 17.3 Å². The van der Waals surface area contributed by atoms with Crippen LogP contribution in [0.3, 0.4) is 0 Å². The van der Waals surface area contributed by atoms with Gasteiger partial charge in [0.15, 0.2) is 0 Å². The van der Waals surface area contributed by atoms with Crippen LogP contribution in [0, 0.1) is 0 Å². The second kappa shape index (κ2) is 13.0. The number of hydrogen-bond donors (Lipinski definition) is 2. The number of ether oxygens (including phenoxy) is 1. The average Bonchev–Trinajstić information content (AvgIpc) is 2.86. The Bertz CT molecular complexity index is 1280. The highest BCUT2D eigenvalue weighted by molar-refractivity contribution is 7.96. The van der Waals surface area contributed by atoms with Crippen molar-refractivity contribution in [2.45, 2.75) is 33.1 Å². The highest BCUT2D eigenvalue weighted by atomic mass is 32.2. The predicted octanol–water partition coefficient (Wildman–Crippen LogP) is 7.73. The molecule has 0 saturated heterocycles. The number of nitrogens with zero attached hydrogens (tertiary/aromatic N) is 3. The summed E-state index contributed by atoms with van der Waals surface area (Å²) >= 11 is 0.915. The molecule has 0 bridgehead atoms. The van der Waals surface area contributed by atoms with E-state index in [1.54, 1.807) is 30.4 Å². The smallest absolute Gasteiger partial charge is 0.406 e. The molecule has 3 aromatic rings. The number of carbonyl (C=O) groups excluding carboxylic acids is 1. The Morgan fingerprint density at radius 3 is 2.45 bits per heavy atom. The zero-order valence-electron chi connectivity index (χ0n) is 21.3. The standard InChI is InChI=1S/C27H28F3N5O2S/c1-18(2)23-7-5-6-8-24(23)33-26(36)34-38-32-16-19(3)15-20-9-14-25(31-17-20)35(4)21-10-12-22(13-11-21)37-27(28,29)30/h5-18H,1-4H3,(H2,33,34,36)/b19-15+,32-16+. The lowest BCUT2D eigenvalue weighted by atomic mass is 10.0. The lowest BCUT2D eigenvalue weighted by molar-refractivity contribution is -0.274. The molecule has 2 aromatic carbocycles. The molecule has 1 heterocycles. The zero-order valence-corrected chi connectivity index (χ0v) is 22.1. The first-order valence-electron chi connectivity index (χ1n) is 11.6. The Kier molecular flexibility index (Phi) is 9.78. The van der Waals surface area contributed by atoms with Gasteiger partial charge in [0.25, 0.3) is 0 Å². The summed E-state index contributed by atoms with van der Waals surface area (Å²) in [6.07, 6.45) is 0.446. The number of hydrogen-bond acceptors (Lipinski definition) is 6. The minimum Gasteiger partial charge on any atom is -0.406 e. The monoisotopic (exact) mass is 543 g/mol. The van der Waals surface area contributed by atoms with Crippen molar-refractivity contribution in [3.05, 3.63) is 83.6 Å². The van der Waals surface area contributed by atoms with Crippen LogP contribution in [-0.2, 0) is 0 Å². The van der Waals surface area contributed by atoms with Gasteiger partial charge >= 0.3 is 12.4 Å². The molecule has 200 valence electrons. The van der Waals surface area contributed by atoms with E-state index < -0.39 is 6.36 Å². The number of alkyl halides is 3. The molecule has 0 aliphatic carbocycles. The van der Waals surface area contributed by atoms with Crippen molar-refractivity contribution >= 4 is 47.6 Å². The van der Waals surface area contributed by atoms with Crippen LogP contribution in [0.2, 0.25) is 0 Å². The van der Waals surface area contributed by atoms with Gasteiger partial charge < -0.3 is 15.0 Å². The molecule has 0 radical (unpaired) electrons. The van der Waals surface area contributed by atoms with E-state index in [2.05, 4.69) is 38.0 Å². The SMILES string of the molecule is CC(/C=N/SNC(=O)Nc1ccccc1C(C)C)=C\c1ccc(N(C)c2ccc(OC(F)(F)F)cc2)nc1. The van der Waals surface area contributed by atoms with Crippen molar-refractivity contribution in [1.29, 1.82) is 0 Å². The van der Waals surface area contributed by atoms with E-state index in [0.717, 1.165) is 34.5 Å². The third-order valence-corrected chi connectivity index (χ3v) is 5.73. The molecule has 11 heteroatoms. The first-order valence-corrected chi connectivity index (χ1v) is 12.4. The van der Waals surface area contributed by atoms with Crippen molar-refractivity contribution in [1.82, 2.24) is 9.71 Å². The number of amides is 2. The third-order valence-electron chi connectivity index (χ3n) is 5.24. The Hall–Kier alpha value is -3.99. The molecule has 3 rings (SSSR count). The normalized spacial score (nSPS) is 12.1. The second-order valence-corrected chi connectivity index (χ2v) is 9.16. The number of urea groups is 1. The summed E-state index contributed by atoms with van der Waals surface area (Å²) in [5.41, 5.74) is 4.14. The van der Waals surface area contributed by atoms with E-state index in [9.17, 15) is 18.0 Å². The fraction of sp³-hybridized carbons (Fsp3) is 0.222. The first-order chi connectivity index (χ1) is 18.0. The lowest BCUT2D eigenvalue weighted by Crippen LogP contribution is -2.23. The molecule has 2 amide bonds. The van der Waals surface area contributed by atoms with Gasteiger partial charge in [-0.2, -0.15) is 0 Å². The summed E-state index contributed by atoms with van der Waals surface area (Å²) in [6.45, 7) is 5.99. The molecule has 0 aliphatic heterocycles. The van der Waals surface area contributed by atoms with Crippen molar-refractivity contribution in [2.24, 2.45) is 4.40 Å². The molecule has 7 nitrogen and oxygen atoms in total. The van der Waals surface area contributed by atoms with E-state index in [-0.39, 0.29) is 17.7 Å². The number of carbonyl (C=O) groups is 1. The first kappa shape index (κ1) is 28.6. The summed E-state index contributed by atoms with van der Waals surface area (Å²) in [5, 5.41) is 2.83. The van der Waals surface area contributed by atoms with Gasteiger partial charge in [-0.15, -0.1) is 13.2 Å². The fourth-order valence-electron chi connectivity index (χ4n) is 3.42. The number of halogens is 3. The topological polar surface area (TPSA) is 78.9 Å². The van der Waals surface area contributed by atoms with Gasteiger partial charge in [0.1, 0.15) is 11.6 Å². The Labute approximate surface area is 224 Å². The number of rotatable bonds is 9. The zero-order chi connectivity index (χ0) is 27.7. The molecule has 1 aromatic heterocycles. The van der Waals surface area contributed by atoms with Crippen molar-refractivity contribution in [3.8, 4) is 5.75 Å². The fourth-order valence-corrected chi connectivity index (χ4v) is 3.83. The van der Waals surface area contributed by atoms with Crippen LogP contribution in [0.15, 0.2) is 76.8 Å². The Morgan fingerprint density at radius 1 is 1.11 bits per heavy atom. The molecule has 0 aliphatic rings. The van der Waals surface area contributed by atoms with E-state index in [4.69, 9.17) is 0 Å². The number of para-hydroxylation sites is 1. The quantitative estimate of drug-likeness (QED) is 0.213. The summed E-state index contributed by atoms with van der Waals surface area (Å²) in [7, 11) is 1.76. The van der Waals surface area contributed by atoms with E-state index >= 15 is 0 Å². The summed E-state index contributed by atoms with van der Waals surface area (Å²) < 4.78 is 47.7. The molecule has 38 heavy (non-hydrogen) atoms. The lowest BCUT2D eigenvalue weighted by Gasteiger charge is -2.19.